The Morgan fingerprint density at radius 3 is 2.08 bits per heavy atom. The van der Waals surface area contributed by atoms with E-state index in [-0.39, 0.29) is 0 Å². The van der Waals surface area contributed by atoms with Crippen LogP contribution in [0.5, 0.6) is 0 Å². The molecule has 0 amide bonds. The topological polar surface area (TPSA) is 25.8 Å². The van der Waals surface area contributed by atoms with Crippen molar-refractivity contribution in [1.82, 2.24) is 9.97 Å². The van der Waals surface area contributed by atoms with Crippen LogP contribution in [0.4, 0.5) is 0 Å². The van der Waals surface area contributed by atoms with Crippen LogP contribution in [0.3, 0.4) is 0 Å². The maximum Gasteiger partial charge on any atom is 0.0802 e. The first-order chi connectivity index (χ1) is 12.4. The van der Waals surface area contributed by atoms with Gasteiger partial charge in [0, 0.05) is 32.9 Å². The van der Waals surface area contributed by atoms with Crippen LogP contribution in [-0.4, -0.2) is 9.97 Å². The zero-order valence-corrected chi connectivity index (χ0v) is 16.4. The molecule has 0 spiro atoms. The molecule has 4 aromatic rings. The van der Waals surface area contributed by atoms with Crippen molar-refractivity contribution in [3.05, 3.63) is 57.3 Å². The van der Waals surface area contributed by atoms with Crippen molar-refractivity contribution in [2.75, 3.05) is 0 Å². The van der Waals surface area contributed by atoms with Crippen LogP contribution in [0.15, 0.2) is 30.3 Å². The molecule has 0 N–H and O–H groups in total. The van der Waals surface area contributed by atoms with Crippen molar-refractivity contribution >= 4 is 55.8 Å². The molecule has 130 valence electrons. The Balaban J connectivity index is 2.05. The monoisotopic (exact) mass is 380 g/mol. The molecule has 0 radical (unpaired) electrons. The highest BCUT2D eigenvalue weighted by Gasteiger charge is 2.36. The second-order valence-corrected chi connectivity index (χ2v) is 8.37. The van der Waals surface area contributed by atoms with Gasteiger partial charge in [0.05, 0.1) is 21.1 Å². The van der Waals surface area contributed by atoms with E-state index in [2.05, 4.69) is 25.1 Å². The summed E-state index contributed by atoms with van der Waals surface area (Å²) in [4.78, 5) is 9.68. The first-order valence-corrected chi connectivity index (χ1v) is 9.69. The quantitative estimate of drug-likeness (QED) is 0.332. The van der Waals surface area contributed by atoms with Gasteiger partial charge in [-0.25, -0.2) is 0 Å². The van der Waals surface area contributed by atoms with Crippen LogP contribution >= 0.6 is 23.2 Å². The van der Waals surface area contributed by atoms with E-state index in [0.717, 1.165) is 48.6 Å². The molecule has 2 aromatic carbocycles. The molecule has 1 aliphatic carbocycles. The molecule has 2 heterocycles. The molecule has 2 atom stereocenters. The number of pyridine rings is 2. The molecular weight excluding hydrogens is 363 g/mol. The Kier molecular flexibility index (Phi) is 3.47. The smallest absolute Gasteiger partial charge is 0.0802 e. The highest BCUT2D eigenvalue weighted by atomic mass is 35.5. The van der Waals surface area contributed by atoms with Crippen molar-refractivity contribution < 1.29 is 0 Å². The molecule has 1 saturated carbocycles. The van der Waals surface area contributed by atoms with Gasteiger partial charge < -0.3 is 0 Å². The second-order valence-electron chi connectivity index (χ2n) is 7.56. The SMILES string of the molecule is Cc1cc(Cl)c2cc([C@H]3CC3C)c3c(ccc4c(Cl)cc(C)nc43)c2n1. The normalized spacial score (nSPS) is 19.6. The van der Waals surface area contributed by atoms with E-state index in [1.54, 1.807) is 0 Å². The molecule has 1 aliphatic rings. The molecule has 0 saturated heterocycles. The number of halogens is 2. The molecule has 0 bridgehead atoms. The Bertz CT molecular complexity index is 1230. The van der Waals surface area contributed by atoms with Crippen LogP contribution in [-0.2, 0) is 0 Å². The van der Waals surface area contributed by atoms with Crippen LogP contribution < -0.4 is 0 Å². The summed E-state index contributed by atoms with van der Waals surface area (Å²) in [5.74, 6) is 1.23. The number of aryl methyl sites for hydroxylation is 2. The predicted molar refractivity (Wildman–Crippen MR) is 111 cm³/mol. The third kappa shape index (κ3) is 2.32. The molecule has 1 fully saturated rings. The molecule has 0 aliphatic heterocycles. The van der Waals surface area contributed by atoms with E-state index in [4.69, 9.17) is 33.2 Å². The second kappa shape index (κ2) is 5.55. The van der Waals surface area contributed by atoms with E-state index < -0.39 is 0 Å². The Labute approximate surface area is 162 Å². The van der Waals surface area contributed by atoms with Gasteiger partial charge in [0.1, 0.15) is 0 Å². The maximum absolute atomic E-state index is 6.59. The minimum atomic E-state index is 0.547. The van der Waals surface area contributed by atoms with Crippen molar-refractivity contribution in [3.63, 3.8) is 0 Å². The lowest BCUT2D eigenvalue weighted by Crippen LogP contribution is -1.95. The number of nitrogens with zero attached hydrogens (tertiary/aromatic N) is 2. The molecule has 2 aromatic heterocycles. The largest absolute Gasteiger partial charge is 0.252 e. The number of aromatic nitrogens is 2. The zero-order valence-electron chi connectivity index (χ0n) is 14.9. The van der Waals surface area contributed by atoms with Gasteiger partial charge >= 0.3 is 0 Å². The summed E-state index contributed by atoms with van der Waals surface area (Å²) in [7, 11) is 0. The minimum absolute atomic E-state index is 0.547. The summed E-state index contributed by atoms with van der Waals surface area (Å²) >= 11 is 13.1. The number of rotatable bonds is 1. The molecule has 2 nitrogen and oxygen atoms in total. The average molecular weight is 381 g/mol. The predicted octanol–water partition coefficient (Wildman–Crippen LogP) is 6.98. The van der Waals surface area contributed by atoms with Crippen molar-refractivity contribution in [2.24, 2.45) is 5.92 Å². The fourth-order valence-electron chi connectivity index (χ4n) is 4.12. The van der Waals surface area contributed by atoms with E-state index in [1.165, 1.54) is 17.4 Å². The Hall–Kier alpha value is -1.90. The van der Waals surface area contributed by atoms with E-state index in [1.807, 2.05) is 26.0 Å². The maximum atomic E-state index is 6.59. The Morgan fingerprint density at radius 2 is 1.42 bits per heavy atom. The highest BCUT2D eigenvalue weighted by molar-refractivity contribution is 6.38. The van der Waals surface area contributed by atoms with Gasteiger partial charge in [0.2, 0.25) is 0 Å². The molecular formula is C22H18Cl2N2. The van der Waals surface area contributed by atoms with Gasteiger partial charge in [-0.3, -0.25) is 9.97 Å². The summed E-state index contributed by atoms with van der Waals surface area (Å²) in [6.07, 6.45) is 1.20. The van der Waals surface area contributed by atoms with Crippen LogP contribution in [0.25, 0.3) is 32.6 Å². The van der Waals surface area contributed by atoms with Gasteiger partial charge in [0.25, 0.3) is 0 Å². The van der Waals surface area contributed by atoms with Gasteiger partial charge in [-0.05, 0) is 55.9 Å². The summed E-state index contributed by atoms with van der Waals surface area (Å²) in [5, 5.41) is 5.83. The summed E-state index contributed by atoms with van der Waals surface area (Å²) in [6.45, 7) is 6.27. The molecule has 1 unspecified atom stereocenters. The van der Waals surface area contributed by atoms with Gasteiger partial charge in [-0.15, -0.1) is 0 Å². The number of fused-ring (bicyclic) bond motifs is 5. The lowest BCUT2D eigenvalue weighted by molar-refractivity contribution is 0.921. The van der Waals surface area contributed by atoms with Gasteiger partial charge in [0.15, 0.2) is 0 Å². The van der Waals surface area contributed by atoms with Crippen molar-refractivity contribution in [2.45, 2.75) is 33.1 Å². The molecule has 4 heteroatoms. The lowest BCUT2D eigenvalue weighted by Gasteiger charge is -2.14. The van der Waals surface area contributed by atoms with E-state index in [9.17, 15) is 0 Å². The first-order valence-electron chi connectivity index (χ1n) is 8.93. The standard InChI is InChI=1S/C22H18Cl2N2/c1-10-6-15(10)16-9-17-19(24)8-11(2)25-21(17)14-5-4-13-18(23)7-12(3)26-22(13)20(14)16/h4-5,7-10,15H,6H2,1-3H3/t10?,15-/m0/s1. The van der Waals surface area contributed by atoms with Crippen LogP contribution in [0.1, 0.15) is 36.2 Å². The summed E-state index contributed by atoms with van der Waals surface area (Å²) in [5.41, 5.74) is 5.10. The van der Waals surface area contributed by atoms with E-state index >= 15 is 0 Å². The van der Waals surface area contributed by atoms with Crippen LogP contribution in [0.2, 0.25) is 10.0 Å². The van der Waals surface area contributed by atoms with Crippen LogP contribution in [0, 0.1) is 19.8 Å². The first kappa shape index (κ1) is 16.3. The van der Waals surface area contributed by atoms with Gasteiger partial charge in [-0.2, -0.15) is 0 Å². The third-order valence-corrected chi connectivity index (χ3v) is 6.17. The summed E-state index contributed by atoms with van der Waals surface area (Å²) in [6, 6.07) is 10.3. The Morgan fingerprint density at radius 1 is 0.846 bits per heavy atom. The zero-order chi connectivity index (χ0) is 18.2. The fraction of sp³-hybridized carbons (Fsp3) is 0.273. The fourth-order valence-corrected chi connectivity index (χ4v) is 4.73. The van der Waals surface area contributed by atoms with Gasteiger partial charge in [-0.1, -0.05) is 42.3 Å². The van der Waals surface area contributed by atoms with Crippen molar-refractivity contribution in [3.8, 4) is 0 Å². The minimum Gasteiger partial charge on any atom is -0.252 e. The summed E-state index contributed by atoms with van der Waals surface area (Å²) < 4.78 is 0. The highest BCUT2D eigenvalue weighted by Crippen LogP contribution is 2.51. The number of hydrogen-bond acceptors (Lipinski definition) is 2. The number of hydrogen-bond donors (Lipinski definition) is 0. The molecule has 26 heavy (non-hydrogen) atoms. The average Bonchev–Trinajstić information content (AvgIpc) is 3.30. The van der Waals surface area contributed by atoms with Crippen molar-refractivity contribution in [1.29, 1.82) is 0 Å². The molecule has 5 rings (SSSR count). The lowest BCUT2D eigenvalue weighted by atomic mass is 9.94. The van der Waals surface area contributed by atoms with E-state index in [0.29, 0.717) is 11.8 Å². The number of benzene rings is 2. The third-order valence-electron chi connectivity index (χ3n) is 5.55.